The summed E-state index contributed by atoms with van der Waals surface area (Å²) >= 11 is 1.37. The molecule has 5 nitrogen and oxygen atoms in total. The smallest absolute Gasteiger partial charge is 0.182 e. The van der Waals surface area contributed by atoms with E-state index in [9.17, 15) is 0 Å². The molecule has 0 unspecified atom stereocenters. The van der Waals surface area contributed by atoms with E-state index in [-0.39, 0.29) is 0 Å². The Labute approximate surface area is 66.5 Å². The van der Waals surface area contributed by atoms with Crippen molar-refractivity contribution in [3.8, 4) is 5.00 Å². The first-order valence-corrected chi connectivity index (χ1v) is 3.74. The number of anilines is 1. The van der Waals surface area contributed by atoms with Crippen LogP contribution in [-0.2, 0) is 0 Å². The molecule has 56 valence electrons. The molecule has 0 spiro atoms. The van der Waals surface area contributed by atoms with Crippen molar-refractivity contribution in [2.24, 2.45) is 0 Å². The van der Waals surface area contributed by atoms with Crippen molar-refractivity contribution in [1.82, 2.24) is 19.7 Å². The SMILES string of the molecule is Nc1ncc(-n2cncn2)s1. The first kappa shape index (κ1) is 6.29. The molecule has 0 fully saturated rings. The normalized spacial score (nSPS) is 10.2. The van der Waals surface area contributed by atoms with E-state index in [2.05, 4.69) is 15.1 Å². The number of hydrogen-bond acceptors (Lipinski definition) is 5. The predicted molar refractivity (Wildman–Crippen MR) is 41.4 cm³/mol. The van der Waals surface area contributed by atoms with Gasteiger partial charge in [0.25, 0.3) is 0 Å². The van der Waals surface area contributed by atoms with E-state index in [0.717, 1.165) is 5.00 Å². The summed E-state index contributed by atoms with van der Waals surface area (Å²) in [4.78, 5) is 7.68. The van der Waals surface area contributed by atoms with Gasteiger partial charge in [0, 0.05) is 0 Å². The summed E-state index contributed by atoms with van der Waals surface area (Å²) in [6.45, 7) is 0. The van der Waals surface area contributed by atoms with Gasteiger partial charge in [-0.15, -0.1) is 0 Å². The Hall–Kier alpha value is -1.43. The first-order valence-electron chi connectivity index (χ1n) is 2.92. The van der Waals surface area contributed by atoms with Crippen LogP contribution in [0.2, 0.25) is 0 Å². The average Bonchev–Trinajstić information content (AvgIpc) is 2.55. The Kier molecular flexibility index (Phi) is 1.32. The number of nitrogens with zero attached hydrogens (tertiary/aromatic N) is 4. The molecule has 0 atom stereocenters. The third kappa shape index (κ3) is 1.07. The fraction of sp³-hybridized carbons (Fsp3) is 0. The molecule has 0 aliphatic rings. The lowest BCUT2D eigenvalue weighted by molar-refractivity contribution is 0.893. The van der Waals surface area contributed by atoms with Gasteiger partial charge in [-0.25, -0.2) is 14.6 Å². The van der Waals surface area contributed by atoms with Gasteiger partial charge in [0.05, 0.1) is 6.20 Å². The molecular weight excluding hydrogens is 162 g/mol. The second-order valence-corrected chi connectivity index (χ2v) is 2.92. The number of nitrogen functional groups attached to an aromatic ring is 1. The van der Waals surface area contributed by atoms with E-state index in [1.807, 2.05) is 0 Å². The number of thiazole rings is 1. The van der Waals surface area contributed by atoms with E-state index >= 15 is 0 Å². The molecule has 0 radical (unpaired) electrons. The maximum absolute atomic E-state index is 5.43. The molecule has 0 aromatic carbocycles. The van der Waals surface area contributed by atoms with Gasteiger partial charge in [0.15, 0.2) is 5.13 Å². The van der Waals surface area contributed by atoms with E-state index in [4.69, 9.17) is 5.73 Å². The van der Waals surface area contributed by atoms with Crippen LogP contribution in [0.15, 0.2) is 18.9 Å². The summed E-state index contributed by atoms with van der Waals surface area (Å²) in [5.41, 5.74) is 5.43. The molecule has 2 N–H and O–H groups in total. The van der Waals surface area contributed by atoms with Crippen LogP contribution in [0.3, 0.4) is 0 Å². The molecule has 2 aromatic heterocycles. The minimum atomic E-state index is 0.538. The maximum atomic E-state index is 5.43. The molecule has 2 aromatic rings. The van der Waals surface area contributed by atoms with Gasteiger partial charge in [-0.05, 0) is 0 Å². The highest BCUT2D eigenvalue weighted by Crippen LogP contribution is 2.17. The van der Waals surface area contributed by atoms with Crippen molar-refractivity contribution in [2.75, 3.05) is 5.73 Å². The zero-order chi connectivity index (χ0) is 7.68. The first-order chi connectivity index (χ1) is 5.36. The predicted octanol–water partition coefficient (Wildman–Crippen LogP) is 0.306. The second-order valence-electron chi connectivity index (χ2n) is 1.88. The Morgan fingerprint density at radius 3 is 3.00 bits per heavy atom. The minimum Gasteiger partial charge on any atom is -0.375 e. The van der Waals surface area contributed by atoms with Crippen LogP contribution in [0.5, 0.6) is 0 Å². The molecule has 0 bridgehead atoms. The summed E-state index contributed by atoms with van der Waals surface area (Å²) < 4.78 is 1.62. The van der Waals surface area contributed by atoms with E-state index in [0.29, 0.717) is 5.13 Å². The van der Waals surface area contributed by atoms with E-state index in [1.54, 1.807) is 17.2 Å². The fourth-order valence-corrected chi connectivity index (χ4v) is 1.32. The van der Waals surface area contributed by atoms with Gasteiger partial charge in [-0.1, -0.05) is 11.3 Å². The summed E-state index contributed by atoms with van der Waals surface area (Å²) in [6, 6.07) is 0. The van der Waals surface area contributed by atoms with Crippen LogP contribution in [0, 0.1) is 0 Å². The van der Waals surface area contributed by atoms with Crippen molar-refractivity contribution in [1.29, 1.82) is 0 Å². The Bertz CT molecular complexity index is 337. The maximum Gasteiger partial charge on any atom is 0.182 e. The van der Waals surface area contributed by atoms with Crippen LogP contribution in [-0.4, -0.2) is 19.7 Å². The Morgan fingerprint density at radius 1 is 1.55 bits per heavy atom. The highest BCUT2D eigenvalue weighted by Gasteiger charge is 1.99. The summed E-state index contributed by atoms with van der Waals surface area (Å²) in [5, 5.41) is 5.33. The molecule has 0 aliphatic carbocycles. The molecule has 11 heavy (non-hydrogen) atoms. The largest absolute Gasteiger partial charge is 0.375 e. The third-order valence-electron chi connectivity index (χ3n) is 1.16. The van der Waals surface area contributed by atoms with Crippen LogP contribution >= 0.6 is 11.3 Å². The number of hydrogen-bond donors (Lipinski definition) is 1. The van der Waals surface area contributed by atoms with Crippen LogP contribution < -0.4 is 5.73 Å². The van der Waals surface area contributed by atoms with Crippen molar-refractivity contribution < 1.29 is 0 Å². The zero-order valence-corrected chi connectivity index (χ0v) is 6.32. The van der Waals surface area contributed by atoms with Gasteiger partial charge in [-0.3, -0.25) is 0 Å². The van der Waals surface area contributed by atoms with Gasteiger partial charge in [0.2, 0.25) is 0 Å². The molecule has 0 saturated heterocycles. The number of aromatic nitrogens is 4. The highest BCUT2D eigenvalue weighted by molar-refractivity contribution is 7.17. The fourth-order valence-electron chi connectivity index (χ4n) is 0.707. The molecular formula is C5H5N5S. The molecule has 0 aliphatic heterocycles. The lowest BCUT2D eigenvalue weighted by Crippen LogP contribution is -1.88. The third-order valence-corrected chi connectivity index (χ3v) is 1.97. The number of nitrogens with two attached hydrogens (primary N) is 1. The summed E-state index contributed by atoms with van der Waals surface area (Å²) in [5.74, 6) is 0. The van der Waals surface area contributed by atoms with Gasteiger partial charge >= 0.3 is 0 Å². The Balaban J connectivity index is 2.45. The lowest BCUT2D eigenvalue weighted by atomic mass is 10.8. The highest BCUT2D eigenvalue weighted by atomic mass is 32.1. The molecule has 0 amide bonds. The molecule has 6 heteroatoms. The minimum absolute atomic E-state index is 0.538. The topological polar surface area (TPSA) is 69.6 Å². The average molecular weight is 167 g/mol. The molecule has 2 heterocycles. The van der Waals surface area contributed by atoms with Crippen molar-refractivity contribution in [2.45, 2.75) is 0 Å². The van der Waals surface area contributed by atoms with Gasteiger partial charge in [0.1, 0.15) is 17.7 Å². The summed E-state index contributed by atoms with van der Waals surface area (Å²) in [7, 11) is 0. The van der Waals surface area contributed by atoms with Crippen molar-refractivity contribution >= 4 is 16.5 Å². The van der Waals surface area contributed by atoms with Crippen LogP contribution in [0.1, 0.15) is 0 Å². The number of rotatable bonds is 1. The van der Waals surface area contributed by atoms with E-state index < -0.39 is 0 Å². The van der Waals surface area contributed by atoms with E-state index in [1.165, 1.54) is 17.7 Å². The van der Waals surface area contributed by atoms with Crippen molar-refractivity contribution in [3.05, 3.63) is 18.9 Å². The molecule has 0 saturated carbocycles. The summed E-state index contributed by atoms with van der Waals surface area (Å²) in [6.07, 6.45) is 4.73. The van der Waals surface area contributed by atoms with Crippen molar-refractivity contribution in [3.63, 3.8) is 0 Å². The second kappa shape index (κ2) is 2.31. The van der Waals surface area contributed by atoms with Gasteiger partial charge < -0.3 is 5.73 Å². The molecule has 2 rings (SSSR count). The lowest BCUT2D eigenvalue weighted by Gasteiger charge is -1.88. The zero-order valence-electron chi connectivity index (χ0n) is 5.51. The van der Waals surface area contributed by atoms with Gasteiger partial charge in [-0.2, -0.15) is 5.10 Å². The Morgan fingerprint density at radius 2 is 2.45 bits per heavy atom. The monoisotopic (exact) mass is 167 g/mol. The standard InChI is InChI=1S/C5H5N5S/c6-5-8-1-4(11-5)10-3-7-2-9-10/h1-3H,(H2,6,8). The quantitative estimate of drug-likeness (QED) is 0.663. The van der Waals surface area contributed by atoms with Crippen LogP contribution in [0.25, 0.3) is 5.00 Å². The van der Waals surface area contributed by atoms with Crippen LogP contribution in [0.4, 0.5) is 5.13 Å².